The Morgan fingerprint density at radius 3 is 2.43 bits per heavy atom. The van der Waals surface area contributed by atoms with Crippen LogP contribution in [0.4, 0.5) is 0 Å². The minimum Gasteiger partial charge on any atom is -0.497 e. The molecule has 8 nitrogen and oxygen atoms in total. The fourth-order valence-corrected chi connectivity index (χ4v) is 7.46. The van der Waals surface area contributed by atoms with Gasteiger partial charge in [0.15, 0.2) is 0 Å². The maximum Gasteiger partial charge on any atom is 0.243 e. The van der Waals surface area contributed by atoms with E-state index in [0.717, 1.165) is 27.9 Å². The number of fused-ring (bicyclic) bond motifs is 4. The Morgan fingerprint density at radius 1 is 1.14 bits per heavy atom. The minimum atomic E-state index is -3.60. The summed E-state index contributed by atoms with van der Waals surface area (Å²) < 4.78 is 35.6. The SMILES string of the molecule is COc1ccc2c3c(n(C)c2c1)[C@H](CO)N(C(C)=O)CC31CCN(S(=O)(=O)c2ccccc2)CC1. The average Bonchev–Trinajstić information content (AvgIpc) is 3.17. The van der Waals surface area contributed by atoms with Gasteiger partial charge in [0, 0.05) is 56.2 Å². The molecule has 1 N–H and O–H groups in total. The van der Waals surface area contributed by atoms with Gasteiger partial charge < -0.3 is 19.3 Å². The second-order valence-electron chi connectivity index (χ2n) is 9.55. The van der Waals surface area contributed by atoms with Crippen molar-refractivity contribution in [2.75, 3.05) is 33.4 Å². The number of methoxy groups -OCH3 is 1. The van der Waals surface area contributed by atoms with Gasteiger partial charge in [-0.2, -0.15) is 4.31 Å². The Morgan fingerprint density at radius 2 is 1.83 bits per heavy atom. The monoisotopic (exact) mass is 497 g/mol. The van der Waals surface area contributed by atoms with Crippen LogP contribution < -0.4 is 4.74 Å². The molecule has 0 bridgehead atoms. The summed E-state index contributed by atoms with van der Waals surface area (Å²) in [5, 5.41) is 11.4. The van der Waals surface area contributed by atoms with Gasteiger partial charge in [0.1, 0.15) is 5.75 Å². The third-order valence-electron chi connectivity index (χ3n) is 7.79. The van der Waals surface area contributed by atoms with Crippen molar-refractivity contribution in [1.82, 2.24) is 13.8 Å². The number of piperidine rings is 1. The first-order valence-electron chi connectivity index (χ1n) is 11.8. The second-order valence-corrected chi connectivity index (χ2v) is 11.5. The predicted molar refractivity (Wildman–Crippen MR) is 133 cm³/mol. The maximum absolute atomic E-state index is 13.3. The first-order chi connectivity index (χ1) is 16.7. The van der Waals surface area contributed by atoms with Crippen LogP contribution in [0.3, 0.4) is 0 Å². The molecular formula is C26H31N3O5S. The quantitative estimate of drug-likeness (QED) is 0.599. The highest BCUT2D eigenvalue weighted by Gasteiger charge is 2.50. The number of aliphatic hydroxyl groups excluding tert-OH is 1. The molecule has 2 aromatic carbocycles. The van der Waals surface area contributed by atoms with Crippen molar-refractivity contribution in [3.05, 3.63) is 59.8 Å². The molecule has 1 aromatic heterocycles. The van der Waals surface area contributed by atoms with Crippen LogP contribution in [0.25, 0.3) is 10.9 Å². The van der Waals surface area contributed by atoms with Crippen LogP contribution in [0, 0.1) is 0 Å². The number of carbonyl (C=O) groups excluding carboxylic acids is 1. The second kappa shape index (κ2) is 8.65. The number of nitrogens with zero attached hydrogens (tertiary/aromatic N) is 3. The first-order valence-corrected chi connectivity index (χ1v) is 13.3. The molecule has 0 saturated carbocycles. The van der Waals surface area contributed by atoms with Crippen LogP contribution in [-0.4, -0.2) is 66.6 Å². The molecule has 186 valence electrons. The number of aromatic nitrogens is 1. The summed E-state index contributed by atoms with van der Waals surface area (Å²) in [6.45, 7) is 2.52. The normalized spacial score (nSPS) is 20.2. The van der Waals surface area contributed by atoms with E-state index in [1.807, 2.05) is 25.2 Å². The number of sulfonamides is 1. The number of hydrogen-bond acceptors (Lipinski definition) is 5. The van der Waals surface area contributed by atoms with Crippen molar-refractivity contribution < 1.29 is 23.1 Å². The Bertz CT molecular complexity index is 1370. The van der Waals surface area contributed by atoms with E-state index in [1.165, 1.54) is 6.92 Å². The highest BCUT2D eigenvalue weighted by atomic mass is 32.2. The molecule has 3 aromatic rings. The van der Waals surface area contributed by atoms with Crippen LogP contribution >= 0.6 is 0 Å². The fraction of sp³-hybridized carbons (Fsp3) is 0.423. The standard InChI is InChI=1S/C26H31N3O5S/c1-18(31)29-17-26(11-13-28(14-12-26)35(32,33)20-7-5-4-6-8-20)24-21-10-9-19(34-3)15-22(21)27(2)25(24)23(29)16-30/h4-10,15,23,30H,11-14,16-17H2,1-3H3/t23-/m0/s1. The van der Waals surface area contributed by atoms with E-state index < -0.39 is 21.5 Å². The van der Waals surface area contributed by atoms with Crippen molar-refractivity contribution in [1.29, 1.82) is 0 Å². The van der Waals surface area contributed by atoms with Crippen molar-refractivity contribution in [2.45, 2.75) is 36.1 Å². The zero-order valence-electron chi connectivity index (χ0n) is 20.3. The molecule has 0 aliphatic carbocycles. The van der Waals surface area contributed by atoms with Crippen LogP contribution in [0.15, 0.2) is 53.4 Å². The van der Waals surface area contributed by atoms with E-state index in [4.69, 9.17) is 4.74 Å². The number of amides is 1. The van der Waals surface area contributed by atoms with E-state index in [1.54, 1.807) is 46.6 Å². The third-order valence-corrected chi connectivity index (χ3v) is 9.70. The summed E-state index contributed by atoms with van der Waals surface area (Å²) in [4.78, 5) is 14.8. The van der Waals surface area contributed by atoms with Crippen molar-refractivity contribution in [2.24, 2.45) is 7.05 Å². The lowest BCUT2D eigenvalue weighted by Gasteiger charge is -2.50. The Hall–Kier alpha value is -2.88. The molecule has 1 saturated heterocycles. The molecule has 9 heteroatoms. The van der Waals surface area contributed by atoms with Gasteiger partial charge in [-0.05, 0) is 42.7 Å². The van der Waals surface area contributed by atoms with E-state index in [0.29, 0.717) is 37.4 Å². The van der Waals surface area contributed by atoms with Gasteiger partial charge in [-0.15, -0.1) is 0 Å². The molecule has 1 atom stereocenters. The highest BCUT2D eigenvalue weighted by Crippen LogP contribution is 2.50. The largest absolute Gasteiger partial charge is 0.497 e. The lowest BCUT2D eigenvalue weighted by molar-refractivity contribution is -0.134. The van der Waals surface area contributed by atoms with E-state index in [9.17, 15) is 18.3 Å². The van der Waals surface area contributed by atoms with Crippen LogP contribution in [-0.2, 0) is 27.3 Å². The molecular weight excluding hydrogens is 466 g/mol. The average molecular weight is 498 g/mol. The van der Waals surface area contributed by atoms with Gasteiger partial charge >= 0.3 is 0 Å². The summed E-state index contributed by atoms with van der Waals surface area (Å²) in [5.74, 6) is 0.633. The molecule has 3 heterocycles. The van der Waals surface area contributed by atoms with Gasteiger partial charge in [-0.3, -0.25) is 4.79 Å². The lowest BCUT2D eigenvalue weighted by atomic mass is 9.68. The van der Waals surface area contributed by atoms with Crippen molar-refractivity contribution in [3.63, 3.8) is 0 Å². The number of ether oxygens (including phenoxy) is 1. The van der Waals surface area contributed by atoms with Crippen LogP contribution in [0.5, 0.6) is 5.75 Å². The zero-order chi connectivity index (χ0) is 25.0. The molecule has 1 spiro atoms. The van der Waals surface area contributed by atoms with Gasteiger partial charge in [-0.25, -0.2) is 8.42 Å². The number of hydrogen-bond donors (Lipinski definition) is 1. The number of aliphatic hydroxyl groups is 1. The summed E-state index contributed by atoms with van der Waals surface area (Å²) in [5.41, 5.74) is 2.59. The fourth-order valence-electron chi connectivity index (χ4n) is 5.99. The molecule has 0 radical (unpaired) electrons. The van der Waals surface area contributed by atoms with Crippen molar-refractivity contribution >= 4 is 26.8 Å². The minimum absolute atomic E-state index is 0.101. The number of benzene rings is 2. The molecule has 1 amide bonds. The number of aryl methyl sites for hydroxylation is 1. The number of rotatable bonds is 4. The first kappa shape index (κ1) is 23.8. The summed E-state index contributed by atoms with van der Waals surface area (Å²) >= 11 is 0. The van der Waals surface area contributed by atoms with Gasteiger partial charge in [0.2, 0.25) is 15.9 Å². The summed E-state index contributed by atoms with van der Waals surface area (Å²) in [7, 11) is -0.0139. The van der Waals surface area contributed by atoms with E-state index in [2.05, 4.69) is 4.57 Å². The Labute approximate surface area is 205 Å². The van der Waals surface area contributed by atoms with E-state index >= 15 is 0 Å². The molecule has 0 unspecified atom stereocenters. The predicted octanol–water partition coefficient (Wildman–Crippen LogP) is 2.80. The maximum atomic E-state index is 13.3. The molecule has 5 rings (SSSR count). The zero-order valence-corrected chi connectivity index (χ0v) is 21.1. The van der Waals surface area contributed by atoms with Gasteiger partial charge in [-0.1, -0.05) is 18.2 Å². The van der Waals surface area contributed by atoms with E-state index in [-0.39, 0.29) is 12.5 Å². The number of carbonyl (C=O) groups is 1. The van der Waals surface area contributed by atoms with Crippen LogP contribution in [0.2, 0.25) is 0 Å². The molecule has 35 heavy (non-hydrogen) atoms. The smallest absolute Gasteiger partial charge is 0.243 e. The lowest BCUT2D eigenvalue weighted by Crippen LogP contribution is -2.55. The Balaban J connectivity index is 1.61. The topological polar surface area (TPSA) is 92.1 Å². The molecule has 2 aliphatic heterocycles. The van der Waals surface area contributed by atoms with Crippen molar-refractivity contribution in [3.8, 4) is 5.75 Å². The van der Waals surface area contributed by atoms with Gasteiger partial charge in [0.05, 0.1) is 30.2 Å². The highest BCUT2D eigenvalue weighted by molar-refractivity contribution is 7.89. The summed E-state index contributed by atoms with van der Waals surface area (Å²) in [6, 6.07) is 14.0. The molecule has 1 fully saturated rings. The Kier molecular flexibility index (Phi) is 5.89. The van der Waals surface area contributed by atoms with Gasteiger partial charge in [0.25, 0.3) is 0 Å². The third kappa shape index (κ3) is 3.64. The van der Waals surface area contributed by atoms with Crippen LogP contribution in [0.1, 0.15) is 37.1 Å². The summed E-state index contributed by atoms with van der Waals surface area (Å²) in [6.07, 6.45) is 1.16. The molecule has 2 aliphatic rings.